The van der Waals surface area contributed by atoms with Crippen LogP contribution in [0.15, 0.2) is 42.5 Å². The van der Waals surface area contributed by atoms with Crippen LogP contribution in [-0.2, 0) is 32.4 Å². The Bertz CT molecular complexity index is 1020. The van der Waals surface area contributed by atoms with E-state index in [0.717, 1.165) is 54.5 Å². The topological polar surface area (TPSA) is 60.6 Å². The van der Waals surface area contributed by atoms with Gasteiger partial charge in [-0.2, -0.15) is 0 Å². The number of halogens is 1. The number of thiazole rings is 1. The molecule has 1 heterocycles. The van der Waals surface area contributed by atoms with Crippen LogP contribution in [0.3, 0.4) is 0 Å². The standard InChI is InChI=1S/C26H33N3O2S.ClH/c1-3-20-8-4-5-9-21(20)18-31-23-13-12-19(16-24(23)30-2)17-29(15-14-27)26-28-22-10-6-7-11-25(22)32-26;/h4-5,8-9,12-13,16H,3,6-7,10-11,14-15,17-18,27H2,1-2H3;1H. The van der Waals surface area contributed by atoms with Crippen molar-refractivity contribution in [2.24, 2.45) is 5.73 Å². The molecule has 0 aliphatic heterocycles. The van der Waals surface area contributed by atoms with E-state index in [0.29, 0.717) is 13.2 Å². The van der Waals surface area contributed by atoms with Crippen LogP contribution < -0.4 is 20.1 Å². The van der Waals surface area contributed by atoms with E-state index in [4.69, 9.17) is 20.2 Å². The summed E-state index contributed by atoms with van der Waals surface area (Å²) in [5.41, 5.74) is 10.9. The molecule has 1 aliphatic carbocycles. The molecule has 3 aromatic rings. The molecule has 0 saturated heterocycles. The molecule has 0 fully saturated rings. The largest absolute Gasteiger partial charge is 0.493 e. The number of nitrogens with two attached hydrogens (primary N) is 1. The molecular weight excluding hydrogens is 454 g/mol. The number of benzene rings is 2. The van der Waals surface area contributed by atoms with Gasteiger partial charge in [0.15, 0.2) is 16.6 Å². The summed E-state index contributed by atoms with van der Waals surface area (Å²) in [5.74, 6) is 1.51. The van der Waals surface area contributed by atoms with Gasteiger partial charge in [-0.05, 0) is 60.9 Å². The predicted octanol–water partition coefficient (Wildman–Crippen LogP) is 5.56. The van der Waals surface area contributed by atoms with E-state index in [1.54, 1.807) is 7.11 Å². The minimum atomic E-state index is 0. The molecule has 5 nitrogen and oxygen atoms in total. The van der Waals surface area contributed by atoms with Crippen LogP contribution in [0.1, 0.15) is 47.0 Å². The van der Waals surface area contributed by atoms with E-state index < -0.39 is 0 Å². The smallest absolute Gasteiger partial charge is 0.186 e. The average Bonchev–Trinajstić information content (AvgIpc) is 3.27. The zero-order valence-electron chi connectivity index (χ0n) is 19.5. The van der Waals surface area contributed by atoms with Gasteiger partial charge < -0.3 is 20.1 Å². The summed E-state index contributed by atoms with van der Waals surface area (Å²) in [5, 5.41) is 1.08. The molecule has 2 aromatic carbocycles. The molecule has 4 rings (SSSR count). The fourth-order valence-corrected chi connectivity index (χ4v) is 5.39. The van der Waals surface area contributed by atoms with Gasteiger partial charge in [0.2, 0.25) is 0 Å². The van der Waals surface area contributed by atoms with Crippen LogP contribution in [-0.4, -0.2) is 25.2 Å². The summed E-state index contributed by atoms with van der Waals surface area (Å²) < 4.78 is 11.8. The average molecular weight is 488 g/mol. The van der Waals surface area contributed by atoms with E-state index in [1.807, 2.05) is 17.4 Å². The van der Waals surface area contributed by atoms with E-state index >= 15 is 0 Å². The predicted molar refractivity (Wildman–Crippen MR) is 139 cm³/mol. The van der Waals surface area contributed by atoms with E-state index in [1.165, 1.54) is 34.5 Å². The van der Waals surface area contributed by atoms with Gasteiger partial charge in [0, 0.05) is 24.5 Å². The second-order valence-electron chi connectivity index (χ2n) is 8.18. The monoisotopic (exact) mass is 487 g/mol. The van der Waals surface area contributed by atoms with Crippen LogP contribution in [0.2, 0.25) is 0 Å². The molecular formula is C26H34ClN3O2S. The normalized spacial score (nSPS) is 12.6. The van der Waals surface area contributed by atoms with Crippen molar-refractivity contribution in [2.45, 2.75) is 52.2 Å². The second-order valence-corrected chi connectivity index (χ2v) is 9.24. The van der Waals surface area contributed by atoms with Gasteiger partial charge in [0.1, 0.15) is 6.61 Å². The molecule has 33 heavy (non-hydrogen) atoms. The Morgan fingerprint density at radius 2 is 1.85 bits per heavy atom. The van der Waals surface area contributed by atoms with Crippen molar-refractivity contribution < 1.29 is 9.47 Å². The summed E-state index contributed by atoms with van der Waals surface area (Å²) >= 11 is 1.83. The third-order valence-corrected chi connectivity index (χ3v) is 7.21. The van der Waals surface area contributed by atoms with Gasteiger partial charge in [0.25, 0.3) is 0 Å². The highest BCUT2D eigenvalue weighted by molar-refractivity contribution is 7.15. The van der Waals surface area contributed by atoms with Crippen molar-refractivity contribution in [3.05, 3.63) is 69.7 Å². The lowest BCUT2D eigenvalue weighted by Crippen LogP contribution is -2.28. The molecule has 7 heteroatoms. The van der Waals surface area contributed by atoms with Gasteiger partial charge in [-0.15, -0.1) is 23.7 Å². The zero-order valence-corrected chi connectivity index (χ0v) is 21.1. The molecule has 0 atom stereocenters. The van der Waals surface area contributed by atoms with Gasteiger partial charge >= 0.3 is 0 Å². The summed E-state index contributed by atoms with van der Waals surface area (Å²) in [6, 6.07) is 14.6. The van der Waals surface area contributed by atoms with Crippen molar-refractivity contribution in [2.75, 3.05) is 25.1 Å². The number of hydrogen-bond donors (Lipinski definition) is 1. The zero-order chi connectivity index (χ0) is 22.3. The lowest BCUT2D eigenvalue weighted by atomic mass is 10.0. The highest BCUT2D eigenvalue weighted by Crippen LogP contribution is 2.34. The summed E-state index contributed by atoms with van der Waals surface area (Å²) in [4.78, 5) is 8.67. The van der Waals surface area contributed by atoms with Crippen molar-refractivity contribution in [3.63, 3.8) is 0 Å². The lowest BCUT2D eigenvalue weighted by molar-refractivity contribution is 0.283. The Morgan fingerprint density at radius 1 is 1.06 bits per heavy atom. The first-order chi connectivity index (χ1) is 15.7. The molecule has 0 saturated carbocycles. The Hall–Kier alpha value is -2.28. The fourth-order valence-electron chi connectivity index (χ4n) is 4.22. The van der Waals surface area contributed by atoms with Crippen LogP contribution in [0, 0.1) is 0 Å². The molecule has 0 amide bonds. The number of rotatable bonds is 10. The number of nitrogens with zero attached hydrogens (tertiary/aromatic N) is 2. The van der Waals surface area contributed by atoms with Gasteiger partial charge in [0.05, 0.1) is 12.8 Å². The van der Waals surface area contributed by atoms with Crippen molar-refractivity contribution >= 4 is 28.9 Å². The highest BCUT2D eigenvalue weighted by atomic mass is 35.5. The lowest BCUT2D eigenvalue weighted by Gasteiger charge is -2.22. The van der Waals surface area contributed by atoms with Crippen molar-refractivity contribution in [1.29, 1.82) is 0 Å². The number of fused-ring (bicyclic) bond motifs is 1. The van der Waals surface area contributed by atoms with E-state index in [-0.39, 0.29) is 12.4 Å². The van der Waals surface area contributed by atoms with Crippen molar-refractivity contribution in [1.82, 2.24) is 4.98 Å². The minimum absolute atomic E-state index is 0. The Kier molecular flexibility index (Phi) is 9.41. The molecule has 0 spiro atoms. The Balaban J connectivity index is 0.00000306. The molecule has 2 N–H and O–H groups in total. The fraction of sp³-hybridized carbons (Fsp3) is 0.423. The van der Waals surface area contributed by atoms with Gasteiger partial charge in [-0.1, -0.05) is 37.3 Å². The SMILES string of the molecule is CCc1ccccc1COc1ccc(CN(CCN)c2nc3c(s2)CCCC3)cc1OC.Cl. The van der Waals surface area contributed by atoms with Crippen LogP contribution >= 0.6 is 23.7 Å². The summed E-state index contributed by atoms with van der Waals surface area (Å²) in [6.07, 6.45) is 5.77. The van der Waals surface area contributed by atoms with Crippen LogP contribution in [0.25, 0.3) is 0 Å². The molecule has 1 aliphatic rings. The Morgan fingerprint density at radius 3 is 2.58 bits per heavy atom. The van der Waals surface area contributed by atoms with Crippen LogP contribution in [0.5, 0.6) is 11.5 Å². The van der Waals surface area contributed by atoms with Gasteiger partial charge in [-0.3, -0.25) is 0 Å². The third-order valence-electron chi connectivity index (χ3n) is 5.99. The molecule has 0 radical (unpaired) electrons. The minimum Gasteiger partial charge on any atom is -0.493 e. The molecule has 0 bridgehead atoms. The van der Waals surface area contributed by atoms with E-state index in [9.17, 15) is 0 Å². The Labute approximate surface area is 207 Å². The summed E-state index contributed by atoms with van der Waals surface area (Å²) in [7, 11) is 1.69. The summed E-state index contributed by atoms with van der Waals surface area (Å²) in [6.45, 7) is 4.82. The number of hydrogen-bond acceptors (Lipinski definition) is 6. The number of aromatic nitrogens is 1. The maximum absolute atomic E-state index is 6.13. The maximum Gasteiger partial charge on any atom is 0.186 e. The molecule has 1 aromatic heterocycles. The number of methoxy groups -OCH3 is 1. The number of anilines is 1. The maximum atomic E-state index is 6.13. The van der Waals surface area contributed by atoms with E-state index in [2.05, 4.69) is 48.2 Å². The van der Waals surface area contributed by atoms with Gasteiger partial charge in [-0.25, -0.2) is 4.98 Å². The first-order valence-corrected chi connectivity index (χ1v) is 12.3. The second kappa shape index (κ2) is 12.3. The quantitative estimate of drug-likeness (QED) is 0.405. The number of ether oxygens (including phenoxy) is 2. The molecule has 178 valence electrons. The van der Waals surface area contributed by atoms with Crippen molar-refractivity contribution in [3.8, 4) is 11.5 Å². The first kappa shape index (κ1) is 25.3. The third kappa shape index (κ3) is 6.19. The molecule has 0 unspecified atom stereocenters. The number of aryl methyl sites for hydroxylation is 3. The first-order valence-electron chi connectivity index (χ1n) is 11.5. The van der Waals surface area contributed by atoms with Crippen LogP contribution in [0.4, 0.5) is 5.13 Å². The highest BCUT2D eigenvalue weighted by Gasteiger charge is 2.19.